The highest BCUT2D eigenvalue weighted by atomic mass is 16.5. The van der Waals surface area contributed by atoms with E-state index in [9.17, 15) is 4.79 Å². The first kappa shape index (κ1) is 21.5. The van der Waals surface area contributed by atoms with Crippen molar-refractivity contribution in [3.63, 3.8) is 0 Å². The number of benzene rings is 2. The van der Waals surface area contributed by atoms with Gasteiger partial charge in [0.05, 0.1) is 12.8 Å². The summed E-state index contributed by atoms with van der Waals surface area (Å²) in [6, 6.07) is 24.9. The Morgan fingerprint density at radius 3 is 2.40 bits per heavy atom. The Morgan fingerprint density at radius 2 is 1.70 bits per heavy atom. The van der Waals surface area contributed by atoms with Crippen LogP contribution in [0.25, 0.3) is 6.08 Å². The van der Waals surface area contributed by atoms with E-state index < -0.39 is 0 Å². The molecule has 3 rings (SSSR count). The molecule has 0 saturated carbocycles. The van der Waals surface area contributed by atoms with Crippen molar-refractivity contribution in [3.8, 4) is 0 Å². The maximum atomic E-state index is 11.3. The first-order chi connectivity index (χ1) is 14.7. The number of rotatable bonds is 10. The summed E-state index contributed by atoms with van der Waals surface area (Å²) in [5.74, 6) is -0.348. The molecule has 0 spiro atoms. The van der Waals surface area contributed by atoms with Gasteiger partial charge in [-0.2, -0.15) is 0 Å². The Morgan fingerprint density at radius 1 is 0.933 bits per heavy atom. The molecular weight excluding hydrogens is 372 g/mol. The predicted octanol–water partition coefficient (Wildman–Crippen LogP) is 4.90. The third-order valence-electron chi connectivity index (χ3n) is 4.89. The van der Waals surface area contributed by atoms with Crippen LogP contribution in [0.1, 0.15) is 28.8 Å². The van der Waals surface area contributed by atoms with Gasteiger partial charge in [-0.3, -0.25) is 9.88 Å². The third-order valence-corrected chi connectivity index (χ3v) is 4.89. The second-order valence-electron chi connectivity index (χ2n) is 7.22. The number of esters is 1. The van der Waals surface area contributed by atoms with Crippen molar-refractivity contribution >= 4 is 12.0 Å². The molecule has 30 heavy (non-hydrogen) atoms. The zero-order valence-corrected chi connectivity index (χ0v) is 17.4. The Bertz CT molecular complexity index is 922. The quantitative estimate of drug-likeness (QED) is 0.358. The molecule has 0 fully saturated rings. The maximum Gasteiger partial charge on any atom is 0.330 e. The van der Waals surface area contributed by atoms with Crippen LogP contribution in [0.3, 0.4) is 0 Å². The molecule has 0 radical (unpaired) electrons. The summed E-state index contributed by atoms with van der Waals surface area (Å²) in [7, 11) is 1.38. The topological polar surface area (TPSA) is 42.4 Å². The number of pyridine rings is 1. The smallest absolute Gasteiger partial charge is 0.330 e. The molecule has 0 bridgehead atoms. The number of ether oxygens (including phenoxy) is 1. The van der Waals surface area contributed by atoms with Gasteiger partial charge in [0.2, 0.25) is 0 Å². The molecule has 1 aromatic heterocycles. The highest BCUT2D eigenvalue weighted by molar-refractivity contribution is 5.86. The lowest BCUT2D eigenvalue weighted by Gasteiger charge is -2.22. The van der Waals surface area contributed by atoms with Crippen LogP contribution in [0, 0.1) is 0 Å². The van der Waals surface area contributed by atoms with Gasteiger partial charge < -0.3 is 4.74 Å². The Labute approximate surface area is 178 Å². The van der Waals surface area contributed by atoms with Crippen LogP contribution in [0.2, 0.25) is 0 Å². The van der Waals surface area contributed by atoms with Crippen molar-refractivity contribution in [2.24, 2.45) is 0 Å². The number of nitrogens with zero attached hydrogens (tertiary/aromatic N) is 2. The first-order valence-electron chi connectivity index (χ1n) is 10.2. The predicted molar refractivity (Wildman–Crippen MR) is 121 cm³/mol. The van der Waals surface area contributed by atoms with Crippen LogP contribution in [-0.2, 0) is 29.0 Å². The molecule has 0 saturated heterocycles. The molecule has 0 unspecified atom stereocenters. The van der Waals surface area contributed by atoms with Gasteiger partial charge in [-0.25, -0.2) is 4.79 Å². The van der Waals surface area contributed by atoms with Crippen LogP contribution >= 0.6 is 0 Å². The molecule has 0 aliphatic carbocycles. The molecule has 3 aromatic rings. The molecule has 0 aliphatic rings. The first-order valence-corrected chi connectivity index (χ1v) is 10.2. The van der Waals surface area contributed by atoms with E-state index in [1.807, 2.05) is 30.5 Å². The lowest BCUT2D eigenvalue weighted by atomic mass is 10.1. The van der Waals surface area contributed by atoms with Crippen molar-refractivity contribution in [3.05, 3.63) is 107 Å². The fraction of sp³-hybridized carbons (Fsp3) is 0.231. The second-order valence-corrected chi connectivity index (χ2v) is 7.22. The van der Waals surface area contributed by atoms with E-state index in [0.29, 0.717) is 0 Å². The number of carbonyl (C=O) groups excluding carboxylic acids is 1. The molecule has 4 nitrogen and oxygen atoms in total. The minimum atomic E-state index is -0.348. The van der Waals surface area contributed by atoms with Crippen molar-refractivity contribution < 1.29 is 9.53 Å². The van der Waals surface area contributed by atoms with Crippen LogP contribution in [0.15, 0.2) is 85.1 Å². The molecule has 0 N–H and O–H groups in total. The van der Waals surface area contributed by atoms with E-state index in [1.54, 1.807) is 6.08 Å². The van der Waals surface area contributed by atoms with Gasteiger partial charge in [0, 0.05) is 25.4 Å². The minimum Gasteiger partial charge on any atom is -0.466 e. The molecule has 1 heterocycles. The summed E-state index contributed by atoms with van der Waals surface area (Å²) in [5.41, 5.74) is 4.66. The molecule has 154 valence electrons. The Balaban J connectivity index is 1.62. The van der Waals surface area contributed by atoms with Gasteiger partial charge in [0.25, 0.3) is 0 Å². The highest BCUT2D eigenvalue weighted by Crippen LogP contribution is 2.13. The molecule has 4 heteroatoms. The summed E-state index contributed by atoms with van der Waals surface area (Å²) in [5, 5.41) is 0. The van der Waals surface area contributed by atoms with Gasteiger partial charge in [-0.15, -0.1) is 0 Å². The highest BCUT2D eigenvalue weighted by Gasteiger charge is 2.08. The van der Waals surface area contributed by atoms with Gasteiger partial charge >= 0.3 is 5.97 Å². The summed E-state index contributed by atoms with van der Waals surface area (Å²) in [4.78, 5) is 18.2. The van der Waals surface area contributed by atoms with E-state index in [4.69, 9.17) is 0 Å². The maximum absolute atomic E-state index is 11.3. The molecule has 0 aliphatic heterocycles. The zero-order chi connectivity index (χ0) is 21.0. The SMILES string of the molecule is COC(=O)/C=C/c1ccc(CN(CCCc2ccccc2)Cc2ccccn2)cc1. The largest absolute Gasteiger partial charge is 0.466 e. The van der Waals surface area contributed by atoms with Crippen molar-refractivity contribution in [1.29, 1.82) is 0 Å². The lowest BCUT2D eigenvalue weighted by Crippen LogP contribution is -2.25. The number of carbonyl (C=O) groups is 1. The Hall–Kier alpha value is -3.24. The number of aromatic nitrogens is 1. The van der Waals surface area contributed by atoms with E-state index >= 15 is 0 Å². The van der Waals surface area contributed by atoms with Crippen LogP contribution in [0.4, 0.5) is 0 Å². The van der Waals surface area contributed by atoms with Crippen molar-refractivity contribution in [2.75, 3.05) is 13.7 Å². The summed E-state index contributed by atoms with van der Waals surface area (Å²) >= 11 is 0. The van der Waals surface area contributed by atoms with E-state index in [0.717, 1.165) is 43.7 Å². The monoisotopic (exact) mass is 400 g/mol. The second kappa shape index (κ2) is 11.7. The Kier molecular flexibility index (Phi) is 8.36. The molecular formula is C26H28N2O2. The van der Waals surface area contributed by atoms with E-state index in [2.05, 4.69) is 63.2 Å². The molecule has 0 amide bonds. The fourth-order valence-corrected chi connectivity index (χ4v) is 3.31. The van der Waals surface area contributed by atoms with Crippen LogP contribution < -0.4 is 0 Å². The van der Waals surface area contributed by atoms with Gasteiger partial charge in [0.1, 0.15) is 0 Å². The zero-order valence-electron chi connectivity index (χ0n) is 17.4. The normalized spacial score (nSPS) is 11.1. The number of aryl methyl sites for hydroxylation is 1. The number of hydrogen-bond acceptors (Lipinski definition) is 4. The minimum absolute atomic E-state index is 0.348. The van der Waals surface area contributed by atoms with Gasteiger partial charge in [-0.05, 0) is 54.3 Å². The van der Waals surface area contributed by atoms with Crippen LogP contribution in [-0.4, -0.2) is 29.5 Å². The molecule has 0 atom stereocenters. The average Bonchev–Trinajstić information content (AvgIpc) is 2.79. The van der Waals surface area contributed by atoms with Crippen LogP contribution in [0.5, 0.6) is 0 Å². The van der Waals surface area contributed by atoms with Gasteiger partial charge in [0.15, 0.2) is 0 Å². The third kappa shape index (κ3) is 7.30. The summed E-state index contributed by atoms with van der Waals surface area (Å²) in [6.45, 7) is 2.67. The summed E-state index contributed by atoms with van der Waals surface area (Å²) in [6.07, 6.45) is 7.21. The van der Waals surface area contributed by atoms with E-state index in [1.165, 1.54) is 24.3 Å². The van der Waals surface area contributed by atoms with Gasteiger partial charge in [-0.1, -0.05) is 60.7 Å². The standard InChI is InChI=1S/C26H28N2O2/c1-30-26(29)17-16-23-12-14-24(15-13-23)20-28(21-25-11-5-6-18-27-25)19-7-10-22-8-3-2-4-9-22/h2-6,8-9,11-18H,7,10,19-21H2,1H3/b17-16+. The lowest BCUT2D eigenvalue weighted by molar-refractivity contribution is -0.134. The van der Waals surface area contributed by atoms with Crippen molar-refractivity contribution in [1.82, 2.24) is 9.88 Å². The number of methoxy groups -OCH3 is 1. The molecule has 2 aromatic carbocycles. The van der Waals surface area contributed by atoms with E-state index in [-0.39, 0.29) is 5.97 Å². The van der Waals surface area contributed by atoms with Crippen molar-refractivity contribution in [2.45, 2.75) is 25.9 Å². The number of hydrogen-bond donors (Lipinski definition) is 0. The average molecular weight is 401 g/mol. The fourth-order valence-electron chi connectivity index (χ4n) is 3.31. The summed E-state index contributed by atoms with van der Waals surface area (Å²) < 4.78 is 4.64.